The van der Waals surface area contributed by atoms with Crippen molar-refractivity contribution in [3.63, 3.8) is 0 Å². The van der Waals surface area contributed by atoms with Gasteiger partial charge in [-0.2, -0.15) is 4.37 Å². The Kier molecular flexibility index (Phi) is 5.37. The van der Waals surface area contributed by atoms with Crippen LogP contribution in [0, 0.1) is 0 Å². The van der Waals surface area contributed by atoms with Crippen LogP contribution >= 0.6 is 23.3 Å². The Hall–Kier alpha value is -1.77. The predicted molar refractivity (Wildman–Crippen MR) is 90.7 cm³/mol. The van der Waals surface area contributed by atoms with E-state index in [-0.39, 0.29) is 0 Å². The Bertz CT molecular complexity index is 756. The first-order valence-electron chi connectivity index (χ1n) is 7.29. The molecule has 1 aromatic carbocycles. The molecule has 0 fully saturated rings. The zero-order valence-electron chi connectivity index (χ0n) is 13.0. The van der Waals surface area contributed by atoms with Gasteiger partial charge in [-0.15, -0.1) is 10.2 Å². The first-order valence-corrected chi connectivity index (χ1v) is 8.88. The summed E-state index contributed by atoms with van der Waals surface area (Å²) in [6.07, 6.45) is 0.725. The summed E-state index contributed by atoms with van der Waals surface area (Å²) in [6, 6.07) is 10.1. The maximum absolute atomic E-state index is 5.05. The van der Waals surface area contributed by atoms with E-state index in [9.17, 15) is 0 Å². The van der Waals surface area contributed by atoms with Gasteiger partial charge in [-0.25, -0.2) is 4.98 Å². The molecule has 2 heterocycles. The van der Waals surface area contributed by atoms with Crippen LogP contribution in [0.5, 0.6) is 0 Å². The molecule has 0 aliphatic carbocycles. The fraction of sp³-hybridized carbons (Fsp3) is 0.333. The average molecular weight is 347 g/mol. The molecule has 23 heavy (non-hydrogen) atoms. The van der Waals surface area contributed by atoms with Gasteiger partial charge < -0.3 is 9.30 Å². The van der Waals surface area contributed by atoms with Crippen LogP contribution in [0.25, 0.3) is 11.4 Å². The summed E-state index contributed by atoms with van der Waals surface area (Å²) in [7, 11) is 1.68. The number of rotatable bonds is 7. The van der Waals surface area contributed by atoms with E-state index in [0.29, 0.717) is 6.61 Å². The number of hydrogen-bond acceptors (Lipinski definition) is 7. The van der Waals surface area contributed by atoms with E-state index < -0.39 is 0 Å². The number of nitrogens with zero attached hydrogens (tertiary/aromatic N) is 5. The molecule has 0 N–H and O–H groups in total. The molecule has 2 aromatic heterocycles. The summed E-state index contributed by atoms with van der Waals surface area (Å²) >= 11 is 2.89. The highest BCUT2D eigenvalue weighted by Gasteiger charge is 2.15. The van der Waals surface area contributed by atoms with Crippen molar-refractivity contribution in [3.05, 3.63) is 36.2 Å². The molecule has 3 rings (SSSR count). The fourth-order valence-electron chi connectivity index (χ4n) is 2.10. The zero-order valence-corrected chi connectivity index (χ0v) is 14.6. The second kappa shape index (κ2) is 7.67. The summed E-state index contributed by atoms with van der Waals surface area (Å²) in [6.45, 7) is 3.52. The molecule has 0 bridgehead atoms. The standard InChI is InChI=1S/C15H17N5OS2/c1-3-20-13(11-7-5-4-6-8-11)17-18-14(20)22-15-16-12(19-23-15)9-10-21-2/h4-8H,3,9-10H2,1-2H3. The Morgan fingerprint density at radius 1 is 1.22 bits per heavy atom. The third-order valence-electron chi connectivity index (χ3n) is 3.22. The summed E-state index contributed by atoms with van der Waals surface area (Å²) in [5, 5.41) is 9.49. The molecular weight excluding hydrogens is 330 g/mol. The fourth-order valence-corrected chi connectivity index (χ4v) is 3.76. The van der Waals surface area contributed by atoms with Crippen LogP contribution < -0.4 is 0 Å². The predicted octanol–water partition coefficient (Wildman–Crippen LogP) is 3.16. The van der Waals surface area contributed by atoms with Crippen molar-refractivity contribution >= 4 is 23.3 Å². The van der Waals surface area contributed by atoms with E-state index in [4.69, 9.17) is 4.74 Å². The third-order valence-corrected chi connectivity index (χ3v) is 5.00. The van der Waals surface area contributed by atoms with Crippen molar-refractivity contribution in [1.29, 1.82) is 0 Å². The van der Waals surface area contributed by atoms with Gasteiger partial charge in [-0.3, -0.25) is 0 Å². The van der Waals surface area contributed by atoms with Crippen molar-refractivity contribution in [2.45, 2.75) is 29.4 Å². The monoisotopic (exact) mass is 347 g/mol. The minimum Gasteiger partial charge on any atom is -0.384 e. The Morgan fingerprint density at radius 3 is 2.78 bits per heavy atom. The highest BCUT2D eigenvalue weighted by Crippen LogP contribution is 2.30. The summed E-state index contributed by atoms with van der Waals surface area (Å²) in [5.74, 6) is 1.69. The van der Waals surface area contributed by atoms with Crippen LogP contribution in [0.15, 0.2) is 39.8 Å². The molecule has 0 unspecified atom stereocenters. The molecule has 0 aliphatic heterocycles. The number of methoxy groups -OCH3 is 1. The molecule has 0 saturated carbocycles. The van der Waals surface area contributed by atoms with Gasteiger partial charge in [0, 0.05) is 25.6 Å². The molecule has 3 aromatic rings. The van der Waals surface area contributed by atoms with E-state index in [2.05, 4.69) is 31.0 Å². The molecule has 0 amide bonds. The van der Waals surface area contributed by atoms with Crippen molar-refractivity contribution in [1.82, 2.24) is 24.1 Å². The van der Waals surface area contributed by atoms with E-state index in [1.54, 1.807) is 7.11 Å². The van der Waals surface area contributed by atoms with Gasteiger partial charge in [0.05, 0.1) is 6.61 Å². The number of benzene rings is 1. The Balaban J connectivity index is 1.81. The normalized spacial score (nSPS) is 11.0. The maximum atomic E-state index is 5.05. The molecule has 120 valence electrons. The van der Waals surface area contributed by atoms with E-state index in [1.165, 1.54) is 23.3 Å². The highest BCUT2D eigenvalue weighted by atomic mass is 32.2. The minimum atomic E-state index is 0.629. The van der Waals surface area contributed by atoms with Crippen LogP contribution in [0.2, 0.25) is 0 Å². The first kappa shape index (κ1) is 16.1. The molecule has 6 nitrogen and oxygen atoms in total. The SMILES string of the molecule is CCn1c(Sc2nc(CCOC)ns2)nnc1-c1ccccc1. The van der Waals surface area contributed by atoms with Crippen molar-refractivity contribution < 1.29 is 4.74 Å². The van der Waals surface area contributed by atoms with Crippen LogP contribution in [0.4, 0.5) is 0 Å². The third kappa shape index (κ3) is 3.77. The molecule has 8 heteroatoms. The lowest BCUT2D eigenvalue weighted by Crippen LogP contribution is -1.99. The summed E-state index contributed by atoms with van der Waals surface area (Å²) < 4.78 is 12.4. The van der Waals surface area contributed by atoms with Crippen molar-refractivity contribution in [2.75, 3.05) is 13.7 Å². The average Bonchev–Trinajstić information content (AvgIpc) is 3.20. The summed E-state index contributed by atoms with van der Waals surface area (Å²) in [5.41, 5.74) is 1.06. The van der Waals surface area contributed by atoms with Crippen LogP contribution in [-0.2, 0) is 17.7 Å². The zero-order chi connectivity index (χ0) is 16.1. The van der Waals surface area contributed by atoms with Crippen molar-refractivity contribution in [3.8, 4) is 11.4 Å². The molecule has 0 radical (unpaired) electrons. The minimum absolute atomic E-state index is 0.629. The second-order valence-electron chi connectivity index (χ2n) is 4.74. The number of ether oxygens (including phenoxy) is 1. The second-order valence-corrected chi connectivity index (χ2v) is 6.70. The number of aromatic nitrogens is 5. The van der Waals surface area contributed by atoms with Crippen LogP contribution in [0.1, 0.15) is 12.7 Å². The van der Waals surface area contributed by atoms with E-state index in [1.807, 2.05) is 30.3 Å². The van der Waals surface area contributed by atoms with Crippen LogP contribution in [0.3, 0.4) is 0 Å². The van der Waals surface area contributed by atoms with E-state index in [0.717, 1.165) is 39.7 Å². The Morgan fingerprint density at radius 2 is 2.04 bits per heavy atom. The lowest BCUT2D eigenvalue weighted by molar-refractivity contribution is 0.200. The lowest BCUT2D eigenvalue weighted by Gasteiger charge is -2.05. The molecule has 0 atom stereocenters. The van der Waals surface area contributed by atoms with Crippen LogP contribution in [-0.4, -0.2) is 37.8 Å². The van der Waals surface area contributed by atoms with Gasteiger partial charge in [0.1, 0.15) is 5.82 Å². The van der Waals surface area contributed by atoms with Gasteiger partial charge in [0.25, 0.3) is 0 Å². The number of hydrogen-bond donors (Lipinski definition) is 0. The highest BCUT2D eigenvalue weighted by molar-refractivity contribution is 8.00. The quantitative estimate of drug-likeness (QED) is 0.654. The van der Waals surface area contributed by atoms with Gasteiger partial charge in [0.2, 0.25) is 0 Å². The van der Waals surface area contributed by atoms with Gasteiger partial charge in [-0.05, 0) is 30.2 Å². The molecule has 0 spiro atoms. The van der Waals surface area contributed by atoms with Gasteiger partial charge >= 0.3 is 0 Å². The summed E-state index contributed by atoms with van der Waals surface area (Å²) in [4.78, 5) is 4.51. The lowest BCUT2D eigenvalue weighted by atomic mass is 10.2. The van der Waals surface area contributed by atoms with Gasteiger partial charge in [0.15, 0.2) is 15.3 Å². The smallest absolute Gasteiger partial charge is 0.198 e. The molecule has 0 aliphatic rings. The first-order chi connectivity index (χ1) is 11.3. The van der Waals surface area contributed by atoms with Crippen molar-refractivity contribution in [2.24, 2.45) is 0 Å². The van der Waals surface area contributed by atoms with E-state index >= 15 is 0 Å². The molecular formula is C15H17N5OS2. The largest absolute Gasteiger partial charge is 0.384 e. The molecule has 0 saturated heterocycles. The van der Waals surface area contributed by atoms with Gasteiger partial charge in [-0.1, -0.05) is 30.3 Å². The maximum Gasteiger partial charge on any atom is 0.198 e. The Labute approximate surface area is 143 Å². The topological polar surface area (TPSA) is 65.7 Å².